The standard InChI is InChI=1S/C13H12F4N4O/c1-21-7-8(6-19-21)5-18-12(22)20-9-2-3-11(14)10(4-9)13(15,16)17/h2-4,6-7H,5H2,1H3,(H2,18,20,22). The number of carbonyl (C=O) groups is 1. The number of urea groups is 1. The van der Waals surface area contributed by atoms with Crippen LogP contribution in [-0.4, -0.2) is 15.8 Å². The van der Waals surface area contributed by atoms with Gasteiger partial charge in [0, 0.05) is 31.0 Å². The number of amides is 2. The number of aryl methyl sites for hydroxylation is 1. The van der Waals surface area contributed by atoms with Gasteiger partial charge in [0.1, 0.15) is 5.82 Å². The number of rotatable bonds is 3. The molecule has 22 heavy (non-hydrogen) atoms. The molecule has 1 aromatic heterocycles. The number of halogens is 4. The zero-order valence-corrected chi connectivity index (χ0v) is 11.4. The summed E-state index contributed by atoms with van der Waals surface area (Å²) in [5, 5.41) is 8.58. The number of carbonyl (C=O) groups excluding carboxylic acids is 1. The van der Waals surface area contributed by atoms with Crippen molar-refractivity contribution in [1.29, 1.82) is 0 Å². The predicted octanol–water partition coefficient (Wildman–Crippen LogP) is 2.90. The van der Waals surface area contributed by atoms with Gasteiger partial charge in [0.25, 0.3) is 0 Å². The van der Waals surface area contributed by atoms with E-state index in [4.69, 9.17) is 0 Å². The van der Waals surface area contributed by atoms with Crippen molar-refractivity contribution in [2.75, 3.05) is 5.32 Å². The van der Waals surface area contributed by atoms with Gasteiger partial charge in [-0.2, -0.15) is 18.3 Å². The van der Waals surface area contributed by atoms with Crippen molar-refractivity contribution >= 4 is 11.7 Å². The van der Waals surface area contributed by atoms with Gasteiger partial charge < -0.3 is 10.6 Å². The maximum Gasteiger partial charge on any atom is 0.419 e. The molecule has 0 unspecified atom stereocenters. The molecule has 0 saturated carbocycles. The molecule has 0 bridgehead atoms. The van der Waals surface area contributed by atoms with Crippen LogP contribution in [0, 0.1) is 5.82 Å². The highest BCUT2D eigenvalue weighted by molar-refractivity contribution is 5.89. The van der Waals surface area contributed by atoms with E-state index in [1.165, 1.54) is 0 Å². The number of aromatic nitrogens is 2. The van der Waals surface area contributed by atoms with Gasteiger partial charge in [-0.3, -0.25) is 4.68 Å². The van der Waals surface area contributed by atoms with Crippen LogP contribution in [0.15, 0.2) is 30.6 Å². The van der Waals surface area contributed by atoms with Gasteiger partial charge in [-0.15, -0.1) is 0 Å². The number of benzene rings is 1. The van der Waals surface area contributed by atoms with Crippen LogP contribution >= 0.6 is 0 Å². The summed E-state index contributed by atoms with van der Waals surface area (Å²) in [7, 11) is 1.71. The molecule has 0 saturated heterocycles. The molecule has 5 nitrogen and oxygen atoms in total. The van der Waals surface area contributed by atoms with Gasteiger partial charge in [-0.1, -0.05) is 0 Å². The Morgan fingerprint density at radius 1 is 1.36 bits per heavy atom. The van der Waals surface area contributed by atoms with E-state index in [0.717, 1.165) is 11.6 Å². The largest absolute Gasteiger partial charge is 0.419 e. The highest BCUT2D eigenvalue weighted by Crippen LogP contribution is 2.32. The number of nitrogens with one attached hydrogen (secondary N) is 2. The smallest absolute Gasteiger partial charge is 0.334 e. The minimum Gasteiger partial charge on any atom is -0.334 e. The molecule has 118 valence electrons. The molecule has 2 amide bonds. The van der Waals surface area contributed by atoms with Gasteiger partial charge in [0.15, 0.2) is 0 Å². The molecule has 0 radical (unpaired) electrons. The summed E-state index contributed by atoms with van der Waals surface area (Å²) >= 11 is 0. The number of hydrogen-bond acceptors (Lipinski definition) is 2. The first-order chi connectivity index (χ1) is 10.3. The fourth-order valence-corrected chi connectivity index (χ4v) is 1.74. The minimum absolute atomic E-state index is 0.155. The molecule has 0 aliphatic carbocycles. The van der Waals surface area contributed by atoms with Gasteiger partial charge in [-0.25, -0.2) is 9.18 Å². The molecule has 0 spiro atoms. The second-order valence-corrected chi connectivity index (χ2v) is 4.52. The maximum absolute atomic E-state index is 13.1. The van der Waals surface area contributed by atoms with Crippen LogP contribution < -0.4 is 10.6 Å². The molecule has 9 heteroatoms. The summed E-state index contributed by atoms with van der Waals surface area (Å²) in [6, 6.07) is 1.54. The van der Waals surface area contributed by atoms with E-state index in [2.05, 4.69) is 15.7 Å². The Morgan fingerprint density at radius 3 is 2.68 bits per heavy atom. The average Bonchev–Trinajstić information content (AvgIpc) is 2.83. The summed E-state index contributed by atoms with van der Waals surface area (Å²) in [5.41, 5.74) is -0.859. The Morgan fingerprint density at radius 2 is 2.09 bits per heavy atom. The van der Waals surface area contributed by atoms with E-state index in [0.29, 0.717) is 12.1 Å². The molecule has 0 atom stereocenters. The molecular weight excluding hydrogens is 304 g/mol. The third kappa shape index (κ3) is 3.96. The van der Waals surface area contributed by atoms with E-state index >= 15 is 0 Å². The zero-order chi connectivity index (χ0) is 16.3. The van der Waals surface area contributed by atoms with E-state index < -0.39 is 23.6 Å². The fraction of sp³-hybridized carbons (Fsp3) is 0.231. The van der Waals surface area contributed by atoms with Crippen LogP contribution in [0.2, 0.25) is 0 Å². The molecule has 0 aliphatic rings. The second kappa shape index (κ2) is 6.04. The Bertz CT molecular complexity index is 681. The van der Waals surface area contributed by atoms with Crippen molar-refractivity contribution in [1.82, 2.24) is 15.1 Å². The van der Waals surface area contributed by atoms with E-state index in [1.807, 2.05) is 0 Å². The lowest BCUT2D eigenvalue weighted by atomic mass is 10.2. The van der Waals surface area contributed by atoms with E-state index in [9.17, 15) is 22.4 Å². The van der Waals surface area contributed by atoms with Gasteiger partial charge in [-0.05, 0) is 18.2 Å². The molecule has 2 N–H and O–H groups in total. The van der Waals surface area contributed by atoms with Crippen LogP contribution in [0.25, 0.3) is 0 Å². The Labute approximate surface area is 122 Å². The zero-order valence-electron chi connectivity index (χ0n) is 11.4. The van der Waals surface area contributed by atoms with Crippen LogP contribution in [0.3, 0.4) is 0 Å². The number of alkyl halides is 3. The van der Waals surface area contributed by atoms with E-state index in [-0.39, 0.29) is 12.2 Å². The molecule has 0 fully saturated rings. The van der Waals surface area contributed by atoms with Gasteiger partial charge in [0.05, 0.1) is 11.8 Å². The first-order valence-electron chi connectivity index (χ1n) is 6.15. The second-order valence-electron chi connectivity index (χ2n) is 4.52. The van der Waals surface area contributed by atoms with Crippen molar-refractivity contribution in [3.63, 3.8) is 0 Å². The fourth-order valence-electron chi connectivity index (χ4n) is 1.74. The quantitative estimate of drug-likeness (QED) is 0.856. The first-order valence-corrected chi connectivity index (χ1v) is 6.15. The Balaban J connectivity index is 1.99. The van der Waals surface area contributed by atoms with Crippen molar-refractivity contribution < 1.29 is 22.4 Å². The lowest BCUT2D eigenvalue weighted by Crippen LogP contribution is -2.28. The number of nitrogens with zero attached hydrogens (tertiary/aromatic N) is 2. The Kier molecular flexibility index (Phi) is 4.34. The SMILES string of the molecule is Cn1cc(CNC(=O)Nc2ccc(F)c(C(F)(F)F)c2)cn1. The maximum atomic E-state index is 13.1. The summed E-state index contributed by atoms with van der Waals surface area (Å²) in [4.78, 5) is 11.6. The summed E-state index contributed by atoms with van der Waals surface area (Å²) < 4.78 is 52.3. The molecule has 0 aliphatic heterocycles. The van der Waals surface area contributed by atoms with Crippen LogP contribution in [-0.2, 0) is 19.8 Å². The van der Waals surface area contributed by atoms with Crippen LogP contribution in [0.4, 0.5) is 28.0 Å². The summed E-state index contributed by atoms with van der Waals surface area (Å²) in [6.45, 7) is 0.160. The summed E-state index contributed by atoms with van der Waals surface area (Å²) in [5.74, 6) is -1.39. The highest BCUT2D eigenvalue weighted by atomic mass is 19.4. The Hall–Kier alpha value is -2.58. The lowest BCUT2D eigenvalue weighted by Gasteiger charge is -2.11. The number of hydrogen-bond donors (Lipinski definition) is 2. The number of anilines is 1. The van der Waals surface area contributed by atoms with Crippen molar-refractivity contribution in [3.8, 4) is 0 Å². The minimum atomic E-state index is -4.83. The third-order valence-corrected chi connectivity index (χ3v) is 2.74. The van der Waals surface area contributed by atoms with E-state index in [1.54, 1.807) is 24.1 Å². The monoisotopic (exact) mass is 316 g/mol. The topological polar surface area (TPSA) is 59.0 Å². The molecule has 2 rings (SSSR count). The summed E-state index contributed by atoms with van der Waals surface area (Å²) in [6.07, 6.45) is -1.60. The molecule has 1 heterocycles. The predicted molar refractivity (Wildman–Crippen MR) is 70.5 cm³/mol. The molecular formula is C13H12F4N4O. The molecule has 2 aromatic rings. The first kappa shape index (κ1) is 15.8. The van der Waals surface area contributed by atoms with Crippen molar-refractivity contribution in [3.05, 3.63) is 47.5 Å². The lowest BCUT2D eigenvalue weighted by molar-refractivity contribution is -0.139. The highest BCUT2D eigenvalue weighted by Gasteiger charge is 2.34. The van der Waals surface area contributed by atoms with Crippen LogP contribution in [0.1, 0.15) is 11.1 Å². The average molecular weight is 316 g/mol. The normalized spacial score (nSPS) is 11.3. The van der Waals surface area contributed by atoms with Crippen LogP contribution in [0.5, 0.6) is 0 Å². The van der Waals surface area contributed by atoms with Crippen molar-refractivity contribution in [2.24, 2.45) is 7.05 Å². The van der Waals surface area contributed by atoms with Gasteiger partial charge >= 0.3 is 12.2 Å². The van der Waals surface area contributed by atoms with Crippen molar-refractivity contribution in [2.45, 2.75) is 12.7 Å². The van der Waals surface area contributed by atoms with Gasteiger partial charge in [0.2, 0.25) is 0 Å². The third-order valence-electron chi connectivity index (χ3n) is 2.74. The molecule has 1 aromatic carbocycles.